The van der Waals surface area contributed by atoms with E-state index in [0.717, 1.165) is 31.1 Å². The third-order valence-corrected chi connectivity index (χ3v) is 7.71. The summed E-state index contributed by atoms with van der Waals surface area (Å²) < 4.78 is 11.4. The lowest BCUT2D eigenvalue weighted by atomic mass is 9.53. The Hall–Kier alpha value is -0.380. The van der Waals surface area contributed by atoms with Crippen LogP contribution in [0.15, 0.2) is 11.1 Å². The average molecular weight is 320 g/mol. The monoisotopic (exact) mass is 320 g/mol. The molecule has 2 fully saturated rings. The maximum atomic E-state index is 10.9. The Morgan fingerprint density at radius 1 is 1.00 bits per heavy atom. The first-order valence-electron chi connectivity index (χ1n) is 9.66. The predicted octanol–water partition coefficient (Wildman–Crippen LogP) is 4.05. The Balaban J connectivity index is 1.67. The minimum absolute atomic E-state index is 0.169. The van der Waals surface area contributed by atoms with Gasteiger partial charge in [0, 0.05) is 14.2 Å². The molecule has 3 heteroatoms. The van der Waals surface area contributed by atoms with E-state index >= 15 is 0 Å². The second-order valence-electron chi connectivity index (χ2n) is 8.30. The van der Waals surface area contributed by atoms with Crippen LogP contribution in [0.4, 0.5) is 0 Å². The molecular weight excluding hydrogens is 288 g/mol. The van der Waals surface area contributed by atoms with Gasteiger partial charge >= 0.3 is 0 Å². The first-order valence-corrected chi connectivity index (χ1v) is 9.66. The number of hydrogen-bond donors (Lipinski definition) is 1. The molecule has 2 saturated carbocycles. The quantitative estimate of drug-likeness (QED) is 0.630. The molecule has 5 atom stereocenters. The minimum Gasteiger partial charge on any atom is -0.392 e. The molecule has 0 aromatic carbocycles. The number of aliphatic hydroxyl groups excluding tert-OH is 1. The molecule has 0 bridgehead atoms. The average Bonchev–Trinajstić information content (AvgIpc) is 2.93. The molecule has 0 saturated heterocycles. The number of fused-ring (bicyclic) bond motifs is 4. The van der Waals surface area contributed by atoms with E-state index in [1.807, 2.05) is 5.57 Å². The van der Waals surface area contributed by atoms with Crippen LogP contribution in [0.5, 0.6) is 0 Å². The van der Waals surface area contributed by atoms with Crippen LogP contribution in [-0.2, 0) is 9.47 Å². The highest BCUT2D eigenvalue weighted by atomic mass is 16.7. The van der Waals surface area contributed by atoms with Gasteiger partial charge in [-0.15, -0.1) is 0 Å². The van der Waals surface area contributed by atoms with E-state index in [2.05, 4.69) is 0 Å². The van der Waals surface area contributed by atoms with Crippen molar-refractivity contribution in [2.24, 2.45) is 23.2 Å². The summed E-state index contributed by atoms with van der Waals surface area (Å²) in [5.41, 5.74) is 3.46. The fourth-order valence-electron chi connectivity index (χ4n) is 6.87. The van der Waals surface area contributed by atoms with Crippen molar-refractivity contribution >= 4 is 0 Å². The van der Waals surface area contributed by atoms with Gasteiger partial charge in [0.2, 0.25) is 0 Å². The number of rotatable bonds is 3. The van der Waals surface area contributed by atoms with Crippen molar-refractivity contribution in [3.63, 3.8) is 0 Å². The molecule has 130 valence electrons. The van der Waals surface area contributed by atoms with E-state index in [0.29, 0.717) is 5.92 Å². The molecule has 0 spiro atoms. The molecule has 4 aliphatic carbocycles. The van der Waals surface area contributed by atoms with Crippen molar-refractivity contribution in [3.8, 4) is 0 Å². The zero-order valence-corrected chi connectivity index (χ0v) is 14.7. The van der Waals surface area contributed by atoms with Crippen LogP contribution in [0.3, 0.4) is 0 Å². The normalized spacial score (nSPS) is 43.3. The Kier molecular flexibility index (Phi) is 4.32. The summed E-state index contributed by atoms with van der Waals surface area (Å²) in [4.78, 5) is 0. The van der Waals surface area contributed by atoms with Gasteiger partial charge in [0.15, 0.2) is 6.29 Å². The third kappa shape index (κ3) is 2.26. The second kappa shape index (κ2) is 6.16. The molecule has 4 aliphatic rings. The van der Waals surface area contributed by atoms with Crippen molar-refractivity contribution in [2.45, 2.75) is 76.6 Å². The summed E-state index contributed by atoms with van der Waals surface area (Å²) in [5.74, 6) is 2.10. The van der Waals surface area contributed by atoms with Crippen molar-refractivity contribution < 1.29 is 14.6 Å². The zero-order chi connectivity index (χ0) is 16.0. The SMILES string of the molecule is COC(OC)[C@]12CC[C@@H]3C4=C(CCCC4)CC[C@H]3[C@@H]1CCC2O. The molecular formula is C20H32O3. The lowest BCUT2D eigenvalue weighted by molar-refractivity contribution is -0.236. The Morgan fingerprint density at radius 3 is 2.57 bits per heavy atom. The molecule has 0 heterocycles. The van der Waals surface area contributed by atoms with Crippen LogP contribution in [0.1, 0.15) is 64.2 Å². The summed E-state index contributed by atoms with van der Waals surface area (Å²) in [7, 11) is 3.47. The van der Waals surface area contributed by atoms with Crippen LogP contribution in [0.2, 0.25) is 0 Å². The van der Waals surface area contributed by atoms with Crippen molar-refractivity contribution in [3.05, 3.63) is 11.1 Å². The molecule has 3 nitrogen and oxygen atoms in total. The molecule has 0 amide bonds. The molecule has 0 radical (unpaired) electrons. The Morgan fingerprint density at radius 2 is 1.78 bits per heavy atom. The molecule has 0 aromatic rings. The van der Waals surface area contributed by atoms with Gasteiger partial charge in [-0.1, -0.05) is 11.1 Å². The topological polar surface area (TPSA) is 38.7 Å². The molecule has 1 unspecified atom stereocenters. The van der Waals surface area contributed by atoms with E-state index < -0.39 is 0 Å². The smallest absolute Gasteiger partial charge is 0.165 e. The van der Waals surface area contributed by atoms with E-state index in [9.17, 15) is 5.11 Å². The maximum Gasteiger partial charge on any atom is 0.165 e. The number of ether oxygens (including phenoxy) is 2. The summed E-state index contributed by atoms with van der Waals surface area (Å²) in [5, 5.41) is 10.9. The van der Waals surface area contributed by atoms with Crippen LogP contribution >= 0.6 is 0 Å². The fraction of sp³-hybridized carbons (Fsp3) is 0.900. The van der Waals surface area contributed by atoms with E-state index in [1.165, 1.54) is 44.9 Å². The van der Waals surface area contributed by atoms with Crippen LogP contribution in [-0.4, -0.2) is 31.7 Å². The molecule has 1 N–H and O–H groups in total. The summed E-state index contributed by atoms with van der Waals surface area (Å²) >= 11 is 0. The van der Waals surface area contributed by atoms with Gasteiger partial charge in [-0.05, 0) is 82.0 Å². The van der Waals surface area contributed by atoms with Gasteiger partial charge in [-0.3, -0.25) is 0 Å². The summed E-state index contributed by atoms with van der Waals surface area (Å²) in [6.07, 6.45) is 11.9. The van der Waals surface area contributed by atoms with Gasteiger partial charge < -0.3 is 14.6 Å². The zero-order valence-electron chi connectivity index (χ0n) is 14.7. The van der Waals surface area contributed by atoms with E-state index in [1.54, 1.807) is 19.8 Å². The number of methoxy groups -OCH3 is 2. The standard InChI is InChI=1S/C20H32O3/c1-22-19(23-2)20-12-11-15-14-6-4-3-5-13(14)7-8-16(15)17(20)9-10-18(20)21/h15-19,21H,3-12H2,1-2H3/t15-,16-,17+,18?,20-/m1/s1. The highest BCUT2D eigenvalue weighted by Gasteiger charge is 2.61. The van der Waals surface area contributed by atoms with Gasteiger partial charge in [0.1, 0.15) is 0 Å². The molecule has 0 aromatic heterocycles. The summed E-state index contributed by atoms with van der Waals surface area (Å²) in [6.45, 7) is 0. The highest BCUT2D eigenvalue weighted by molar-refractivity contribution is 5.26. The van der Waals surface area contributed by atoms with Gasteiger partial charge in [0.05, 0.1) is 11.5 Å². The predicted molar refractivity (Wildman–Crippen MR) is 89.9 cm³/mol. The molecule has 23 heavy (non-hydrogen) atoms. The van der Waals surface area contributed by atoms with Crippen molar-refractivity contribution in [2.75, 3.05) is 14.2 Å². The number of aliphatic hydroxyl groups is 1. The second-order valence-corrected chi connectivity index (χ2v) is 8.30. The van der Waals surface area contributed by atoms with Crippen molar-refractivity contribution in [1.29, 1.82) is 0 Å². The molecule has 0 aliphatic heterocycles. The maximum absolute atomic E-state index is 10.9. The van der Waals surface area contributed by atoms with E-state index in [4.69, 9.17) is 9.47 Å². The minimum atomic E-state index is -0.264. The summed E-state index contributed by atoms with van der Waals surface area (Å²) in [6, 6.07) is 0. The lowest BCUT2D eigenvalue weighted by Gasteiger charge is -2.54. The van der Waals surface area contributed by atoms with Crippen LogP contribution < -0.4 is 0 Å². The van der Waals surface area contributed by atoms with Gasteiger partial charge in [-0.2, -0.15) is 0 Å². The van der Waals surface area contributed by atoms with Crippen LogP contribution in [0, 0.1) is 23.2 Å². The first kappa shape index (κ1) is 16.1. The highest BCUT2D eigenvalue weighted by Crippen LogP contribution is 2.63. The fourth-order valence-corrected chi connectivity index (χ4v) is 6.87. The van der Waals surface area contributed by atoms with Gasteiger partial charge in [0.25, 0.3) is 0 Å². The van der Waals surface area contributed by atoms with Crippen molar-refractivity contribution in [1.82, 2.24) is 0 Å². The lowest BCUT2D eigenvalue weighted by Crippen LogP contribution is -2.54. The Bertz CT molecular complexity index is 481. The third-order valence-electron chi connectivity index (χ3n) is 7.71. The van der Waals surface area contributed by atoms with Gasteiger partial charge in [-0.25, -0.2) is 0 Å². The van der Waals surface area contributed by atoms with Crippen LogP contribution in [0.25, 0.3) is 0 Å². The molecule has 4 rings (SSSR count). The number of allylic oxidation sites excluding steroid dienone is 2. The first-order chi connectivity index (χ1) is 11.2. The number of hydrogen-bond acceptors (Lipinski definition) is 3. The Labute approximate surface area is 140 Å². The van der Waals surface area contributed by atoms with E-state index in [-0.39, 0.29) is 17.8 Å². The largest absolute Gasteiger partial charge is 0.392 e.